The van der Waals surface area contributed by atoms with Crippen LogP contribution in [0.2, 0.25) is 0 Å². The van der Waals surface area contributed by atoms with Crippen molar-refractivity contribution in [1.29, 1.82) is 0 Å². The quantitative estimate of drug-likeness (QED) is 0.115. The third-order valence-electron chi connectivity index (χ3n) is 8.38. The van der Waals surface area contributed by atoms with Gasteiger partial charge in [-0.3, -0.25) is 28.9 Å². The molecule has 13 heteroatoms. The molecule has 0 saturated heterocycles. The second-order valence-electron chi connectivity index (χ2n) is 11.9. The van der Waals surface area contributed by atoms with Crippen LogP contribution in [0.3, 0.4) is 0 Å². The number of carbonyl (C=O) groups is 3. The van der Waals surface area contributed by atoms with Crippen LogP contribution in [0.25, 0.3) is 20.7 Å². The molecule has 48 heavy (non-hydrogen) atoms. The minimum absolute atomic E-state index is 0.0187. The van der Waals surface area contributed by atoms with E-state index in [1.807, 2.05) is 26.4 Å². The largest absolute Gasteiger partial charge is 0.463 e. The highest BCUT2D eigenvalue weighted by Gasteiger charge is 2.55. The van der Waals surface area contributed by atoms with Crippen LogP contribution in [0.5, 0.6) is 11.5 Å². The van der Waals surface area contributed by atoms with Gasteiger partial charge in [0.15, 0.2) is 17.3 Å². The van der Waals surface area contributed by atoms with Gasteiger partial charge in [-0.1, -0.05) is 6.07 Å². The van der Waals surface area contributed by atoms with Crippen LogP contribution in [-0.4, -0.2) is 64.1 Å². The van der Waals surface area contributed by atoms with Crippen molar-refractivity contribution in [3.63, 3.8) is 0 Å². The lowest BCUT2D eigenvalue weighted by atomic mass is 9.94. The number of pyridine rings is 1. The van der Waals surface area contributed by atoms with Crippen LogP contribution in [0.4, 0.5) is 14.5 Å². The smallest absolute Gasteiger partial charge is 0.323 e. The highest BCUT2D eigenvalue weighted by molar-refractivity contribution is 7.22. The number of fused-ring (bicyclic) bond motifs is 1. The number of benzene rings is 2. The van der Waals surface area contributed by atoms with Crippen LogP contribution in [0, 0.1) is 17.0 Å². The zero-order valence-corrected chi connectivity index (χ0v) is 27.4. The first-order valence-electron chi connectivity index (χ1n) is 15.3. The van der Waals surface area contributed by atoms with E-state index in [4.69, 9.17) is 9.47 Å². The number of rotatable bonds is 13. The zero-order valence-electron chi connectivity index (χ0n) is 26.5. The summed E-state index contributed by atoms with van der Waals surface area (Å²) in [6, 6.07) is 12.8. The molecule has 1 saturated carbocycles. The molecule has 3 aromatic heterocycles. The molecular formula is C35H33F2N5O5S. The van der Waals surface area contributed by atoms with Gasteiger partial charge in [-0.2, -0.15) is 5.10 Å². The Kier molecular flexibility index (Phi) is 9.33. The number of nitrogens with one attached hydrogen (secondary N) is 1. The van der Waals surface area contributed by atoms with Crippen molar-refractivity contribution >= 4 is 44.9 Å². The van der Waals surface area contributed by atoms with Gasteiger partial charge in [0.25, 0.3) is 0 Å². The predicted octanol–water partition coefficient (Wildman–Crippen LogP) is 6.25. The first-order chi connectivity index (χ1) is 23.0. The molecule has 0 bridgehead atoms. The predicted molar refractivity (Wildman–Crippen MR) is 177 cm³/mol. The lowest BCUT2D eigenvalue weighted by Gasteiger charge is -2.17. The Morgan fingerprint density at radius 2 is 1.83 bits per heavy atom. The molecule has 0 aliphatic heterocycles. The van der Waals surface area contributed by atoms with Crippen molar-refractivity contribution in [2.24, 2.45) is 5.41 Å². The number of thiophene rings is 1. The lowest BCUT2D eigenvalue weighted by Crippen LogP contribution is -2.34. The maximum atomic E-state index is 15.3. The Morgan fingerprint density at radius 1 is 1.06 bits per heavy atom. The fraction of sp³-hybridized carbons (Fsp3) is 0.286. The van der Waals surface area contributed by atoms with Gasteiger partial charge in [0, 0.05) is 41.0 Å². The number of ether oxygens (including phenoxy) is 2. The van der Waals surface area contributed by atoms with E-state index in [0.717, 1.165) is 10.4 Å². The SMILES string of the molecule is CC(C(=O)OCCn1cc(-c2cc3nccc(Oc4ccc(CC(=O)C5(C(=O)Nc6ccc(F)cc6)CC5)cc4F)c3s2)cn1)N(C)C. The van der Waals surface area contributed by atoms with E-state index in [0.29, 0.717) is 46.6 Å². The number of halogens is 2. The number of nitrogens with zero attached hydrogens (tertiary/aromatic N) is 4. The minimum Gasteiger partial charge on any atom is -0.463 e. The minimum atomic E-state index is -1.17. The molecule has 1 fully saturated rings. The fourth-order valence-electron chi connectivity index (χ4n) is 5.07. The number of aromatic nitrogens is 3. The van der Waals surface area contributed by atoms with E-state index in [1.54, 1.807) is 41.0 Å². The topological polar surface area (TPSA) is 116 Å². The van der Waals surface area contributed by atoms with Gasteiger partial charge in [0.05, 0.1) is 23.0 Å². The molecule has 0 radical (unpaired) electrons. The van der Waals surface area contributed by atoms with E-state index >= 15 is 4.39 Å². The molecule has 1 unspecified atom stereocenters. The van der Waals surface area contributed by atoms with Gasteiger partial charge in [-0.15, -0.1) is 11.3 Å². The van der Waals surface area contributed by atoms with Crippen molar-refractivity contribution in [3.8, 4) is 21.9 Å². The van der Waals surface area contributed by atoms with E-state index in [9.17, 15) is 18.8 Å². The van der Waals surface area contributed by atoms with Crippen molar-refractivity contribution in [2.45, 2.75) is 38.8 Å². The van der Waals surface area contributed by atoms with Crippen molar-refractivity contribution in [2.75, 3.05) is 26.0 Å². The molecule has 1 amide bonds. The average molecular weight is 674 g/mol. The normalized spacial score (nSPS) is 14.1. The Morgan fingerprint density at radius 3 is 2.54 bits per heavy atom. The summed E-state index contributed by atoms with van der Waals surface area (Å²) >= 11 is 1.42. The zero-order chi connectivity index (χ0) is 34.0. The summed E-state index contributed by atoms with van der Waals surface area (Å²) in [5.74, 6) is -1.73. The second-order valence-corrected chi connectivity index (χ2v) is 13.0. The molecule has 1 N–H and O–H groups in total. The monoisotopic (exact) mass is 673 g/mol. The van der Waals surface area contributed by atoms with Crippen LogP contribution in [0.15, 0.2) is 73.2 Å². The Labute approximate surface area is 279 Å². The summed E-state index contributed by atoms with van der Waals surface area (Å²) < 4.78 is 42.3. The number of hydrogen-bond donors (Lipinski definition) is 1. The Hall–Kier alpha value is -5.01. The third-order valence-corrected chi connectivity index (χ3v) is 9.56. The summed E-state index contributed by atoms with van der Waals surface area (Å²) in [5.41, 5.74) is 1.16. The van der Waals surface area contributed by atoms with Gasteiger partial charge in [0.2, 0.25) is 5.91 Å². The molecule has 2 aromatic carbocycles. The summed E-state index contributed by atoms with van der Waals surface area (Å²) in [5, 5.41) is 7.07. The number of anilines is 1. The Balaban J connectivity index is 1.09. The van der Waals surface area contributed by atoms with Crippen molar-refractivity contribution in [3.05, 3.63) is 90.4 Å². The van der Waals surface area contributed by atoms with Crippen molar-refractivity contribution < 1.29 is 32.6 Å². The van der Waals surface area contributed by atoms with Gasteiger partial charge in [0.1, 0.15) is 29.6 Å². The molecular weight excluding hydrogens is 640 g/mol. The highest BCUT2D eigenvalue weighted by atomic mass is 32.1. The Bertz CT molecular complexity index is 1990. The number of Topliss-reactive ketones (excluding diaryl/α,β-unsaturated/α-hetero) is 1. The molecule has 6 rings (SSSR count). The number of esters is 1. The molecule has 1 aliphatic rings. The molecule has 1 aliphatic carbocycles. The summed E-state index contributed by atoms with van der Waals surface area (Å²) in [4.78, 5) is 45.2. The van der Waals surface area contributed by atoms with Gasteiger partial charge in [-0.25, -0.2) is 8.78 Å². The number of amides is 1. The highest BCUT2D eigenvalue weighted by Crippen LogP contribution is 2.48. The second kappa shape index (κ2) is 13.6. The van der Waals surface area contributed by atoms with Gasteiger partial charge >= 0.3 is 5.97 Å². The van der Waals surface area contributed by atoms with Crippen LogP contribution < -0.4 is 10.1 Å². The number of carbonyl (C=O) groups excluding carboxylic acids is 3. The van der Waals surface area contributed by atoms with E-state index in [-0.39, 0.29) is 36.6 Å². The molecule has 3 heterocycles. The first-order valence-corrected chi connectivity index (χ1v) is 16.1. The van der Waals surface area contributed by atoms with E-state index in [1.165, 1.54) is 47.7 Å². The summed E-state index contributed by atoms with van der Waals surface area (Å²) in [7, 11) is 3.63. The molecule has 248 valence electrons. The van der Waals surface area contributed by atoms with Crippen LogP contribution in [0.1, 0.15) is 25.3 Å². The fourth-order valence-corrected chi connectivity index (χ4v) is 6.11. The maximum absolute atomic E-state index is 15.3. The van der Waals surface area contributed by atoms with Gasteiger partial charge < -0.3 is 14.8 Å². The molecule has 5 aromatic rings. The molecule has 0 spiro atoms. The maximum Gasteiger partial charge on any atom is 0.323 e. The summed E-state index contributed by atoms with van der Waals surface area (Å²) in [6.07, 6.45) is 5.83. The standard InChI is InChI=1S/C35H33F2N5O5S/c1-21(41(2)3)33(44)46-15-14-42-20-23(19-39-42)30-18-27-32(48-30)29(10-13-38-27)47-28-9-4-22(16-26(28)37)17-31(43)35(11-12-35)34(45)40-25-7-5-24(36)6-8-25/h4-10,13,16,18-21H,11-12,14-15,17H2,1-3H3,(H,40,45). The third kappa shape index (κ3) is 7.11. The lowest BCUT2D eigenvalue weighted by molar-refractivity contribution is -0.148. The first kappa shape index (κ1) is 32.9. The van der Waals surface area contributed by atoms with Crippen LogP contribution >= 0.6 is 11.3 Å². The molecule has 1 atom stereocenters. The van der Waals surface area contributed by atoms with Crippen LogP contribution in [-0.2, 0) is 32.1 Å². The van der Waals surface area contributed by atoms with Gasteiger partial charge in [-0.05, 0) is 81.9 Å². The van der Waals surface area contributed by atoms with Crippen molar-refractivity contribution in [1.82, 2.24) is 19.7 Å². The number of likely N-dealkylation sites (N-methyl/N-ethyl adjacent to an activating group) is 1. The summed E-state index contributed by atoms with van der Waals surface area (Å²) in [6.45, 7) is 2.37. The van der Waals surface area contributed by atoms with E-state index < -0.39 is 23.0 Å². The average Bonchev–Trinajstić information content (AvgIpc) is 3.55. The number of hydrogen-bond acceptors (Lipinski definition) is 9. The number of ketones is 1. The van der Waals surface area contributed by atoms with E-state index in [2.05, 4.69) is 15.4 Å². The molecule has 10 nitrogen and oxygen atoms in total.